The van der Waals surface area contributed by atoms with Gasteiger partial charge in [-0.05, 0) is 33.3 Å². The lowest BCUT2D eigenvalue weighted by Crippen LogP contribution is -2.47. The van der Waals surface area contributed by atoms with Crippen LogP contribution in [0.5, 0.6) is 0 Å². The lowest BCUT2D eigenvalue weighted by Gasteiger charge is -2.34. The van der Waals surface area contributed by atoms with Gasteiger partial charge in [-0.15, -0.1) is 0 Å². The van der Waals surface area contributed by atoms with Crippen molar-refractivity contribution in [1.29, 1.82) is 0 Å². The van der Waals surface area contributed by atoms with Gasteiger partial charge in [0.1, 0.15) is 0 Å². The molecule has 1 fully saturated rings. The molecule has 0 unspecified atom stereocenters. The van der Waals surface area contributed by atoms with E-state index in [1.165, 1.54) is 11.1 Å². The fraction of sp³-hybridized carbons (Fsp3) is 0.478. The lowest BCUT2D eigenvalue weighted by molar-refractivity contribution is 0.0521. The Labute approximate surface area is 172 Å². The molecule has 0 amide bonds. The van der Waals surface area contributed by atoms with Crippen LogP contribution in [-0.2, 0) is 11.3 Å². The zero-order chi connectivity index (χ0) is 21.0. The van der Waals surface area contributed by atoms with Gasteiger partial charge < -0.3 is 9.72 Å². The van der Waals surface area contributed by atoms with Crippen LogP contribution in [-0.4, -0.2) is 65.9 Å². The number of piperazine rings is 1. The minimum Gasteiger partial charge on any atom is -0.462 e. The molecule has 156 valence electrons. The molecule has 2 aromatic rings. The fourth-order valence-electron chi connectivity index (χ4n) is 4.04. The Morgan fingerprint density at radius 1 is 1.00 bits per heavy atom. The smallest absolute Gasteiger partial charge is 0.340 e. The molecular formula is C23H31N3O3. The van der Waals surface area contributed by atoms with Gasteiger partial charge in [-0.2, -0.15) is 0 Å². The number of carbonyl (C=O) groups is 2. The van der Waals surface area contributed by atoms with Gasteiger partial charge in [0.05, 0.1) is 24.3 Å². The Morgan fingerprint density at radius 2 is 1.66 bits per heavy atom. The number of H-pyrrole nitrogens is 1. The van der Waals surface area contributed by atoms with Crippen molar-refractivity contribution in [1.82, 2.24) is 14.8 Å². The molecule has 1 aromatic heterocycles. The molecule has 0 radical (unpaired) electrons. The van der Waals surface area contributed by atoms with Crippen LogP contribution in [0.4, 0.5) is 0 Å². The van der Waals surface area contributed by atoms with Crippen molar-refractivity contribution in [3.63, 3.8) is 0 Å². The lowest BCUT2D eigenvalue weighted by atomic mass is 10.0. The second kappa shape index (κ2) is 9.37. The highest BCUT2D eigenvalue weighted by molar-refractivity contribution is 6.09. The molecule has 0 atom stereocenters. The molecule has 0 saturated carbocycles. The monoisotopic (exact) mass is 397 g/mol. The summed E-state index contributed by atoms with van der Waals surface area (Å²) in [6.45, 7) is 12.6. The number of nitrogens with zero attached hydrogens (tertiary/aromatic N) is 2. The van der Waals surface area contributed by atoms with Gasteiger partial charge in [0.15, 0.2) is 5.78 Å². The topological polar surface area (TPSA) is 65.6 Å². The summed E-state index contributed by atoms with van der Waals surface area (Å²) < 4.78 is 5.15. The highest BCUT2D eigenvalue weighted by atomic mass is 16.5. The van der Waals surface area contributed by atoms with Crippen molar-refractivity contribution in [3.8, 4) is 0 Å². The van der Waals surface area contributed by atoms with Crippen molar-refractivity contribution in [3.05, 3.63) is 57.9 Å². The summed E-state index contributed by atoms with van der Waals surface area (Å²) >= 11 is 0. The van der Waals surface area contributed by atoms with Gasteiger partial charge in [0.2, 0.25) is 0 Å². The number of hydrogen-bond donors (Lipinski definition) is 1. The Balaban J connectivity index is 1.59. The summed E-state index contributed by atoms with van der Waals surface area (Å²) in [7, 11) is 0. The maximum Gasteiger partial charge on any atom is 0.340 e. The highest BCUT2D eigenvalue weighted by Gasteiger charge is 2.27. The number of ether oxygens (including phenoxy) is 1. The molecular weight excluding hydrogens is 366 g/mol. The first kappa shape index (κ1) is 21.3. The van der Waals surface area contributed by atoms with Crippen molar-refractivity contribution in [2.24, 2.45) is 0 Å². The van der Waals surface area contributed by atoms with Crippen molar-refractivity contribution >= 4 is 11.8 Å². The van der Waals surface area contributed by atoms with E-state index >= 15 is 0 Å². The maximum absolute atomic E-state index is 13.0. The summed E-state index contributed by atoms with van der Waals surface area (Å²) in [6, 6.07) is 8.60. The summed E-state index contributed by atoms with van der Waals surface area (Å²) in [5, 5.41) is 0. The molecule has 1 N–H and O–H groups in total. The van der Waals surface area contributed by atoms with E-state index in [1.807, 2.05) is 6.92 Å². The van der Waals surface area contributed by atoms with Gasteiger partial charge in [-0.25, -0.2) is 4.79 Å². The predicted octanol–water partition coefficient (Wildman–Crippen LogP) is 3.12. The Bertz CT molecular complexity index is 879. The zero-order valence-corrected chi connectivity index (χ0v) is 17.9. The largest absolute Gasteiger partial charge is 0.462 e. The van der Waals surface area contributed by atoms with E-state index in [4.69, 9.17) is 4.74 Å². The second-order valence-electron chi connectivity index (χ2n) is 7.81. The van der Waals surface area contributed by atoms with Crippen molar-refractivity contribution < 1.29 is 14.3 Å². The number of Topliss-reactive ketones (excluding diaryl/α,β-unsaturated/α-hetero) is 1. The molecule has 0 bridgehead atoms. The number of aromatic nitrogens is 1. The second-order valence-corrected chi connectivity index (χ2v) is 7.81. The van der Waals surface area contributed by atoms with Gasteiger partial charge in [0.25, 0.3) is 0 Å². The van der Waals surface area contributed by atoms with E-state index < -0.39 is 5.97 Å². The summed E-state index contributed by atoms with van der Waals surface area (Å²) in [5.74, 6) is -0.456. The van der Waals surface area contributed by atoms with Crippen molar-refractivity contribution in [2.45, 2.75) is 34.2 Å². The average Bonchev–Trinajstić information content (AvgIpc) is 2.97. The van der Waals surface area contributed by atoms with E-state index in [2.05, 4.69) is 46.0 Å². The van der Waals surface area contributed by atoms with Gasteiger partial charge in [-0.3, -0.25) is 14.6 Å². The molecule has 1 aliphatic heterocycles. The predicted molar refractivity (Wildman–Crippen MR) is 113 cm³/mol. The molecule has 2 heterocycles. The normalized spacial score (nSPS) is 15.4. The number of carbonyl (C=O) groups excluding carboxylic acids is 2. The van der Waals surface area contributed by atoms with Gasteiger partial charge in [-0.1, -0.05) is 29.8 Å². The number of aryl methyl sites for hydroxylation is 3. The van der Waals surface area contributed by atoms with Crippen LogP contribution in [0.25, 0.3) is 0 Å². The number of ketones is 1. The summed E-state index contributed by atoms with van der Waals surface area (Å²) in [6.07, 6.45) is 0. The molecule has 29 heavy (non-hydrogen) atoms. The van der Waals surface area contributed by atoms with Crippen LogP contribution in [0.15, 0.2) is 24.3 Å². The number of benzene rings is 1. The number of esters is 1. The van der Waals surface area contributed by atoms with E-state index in [0.29, 0.717) is 30.0 Å². The van der Waals surface area contributed by atoms with Crippen LogP contribution in [0.1, 0.15) is 50.2 Å². The van der Waals surface area contributed by atoms with Crippen LogP contribution < -0.4 is 0 Å². The molecule has 1 saturated heterocycles. The Morgan fingerprint density at radius 3 is 2.31 bits per heavy atom. The molecule has 6 nitrogen and oxygen atoms in total. The molecule has 1 aliphatic rings. The minimum atomic E-state index is -0.430. The molecule has 1 aromatic carbocycles. The first-order valence-electron chi connectivity index (χ1n) is 10.3. The van der Waals surface area contributed by atoms with Crippen LogP contribution in [0.3, 0.4) is 0 Å². The van der Waals surface area contributed by atoms with E-state index in [1.54, 1.807) is 13.8 Å². The summed E-state index contributed by atoms with van der Waals surface area (Å²) in [5.41, 5.74) is 4.88. The molecule has 3 rings (SSSR count). The van der Waals surface area contributed by atoms with E-state index in [0.717, 1.165) is 38.4 Å². The Kier molecular flexibility index (Phi) is 6.87. The van der Waals surface area contributed by atoms with Gasteiger partial charge in [0, 0.05) is 44.1 Å². The fourth-order valence-corrected chi connectivity index (χ4v) is 4.04. The quantitative estimate of drug-likeness (QED) is 0.574. The third-order valence-corrected chi connectivity index (χ3v) is 5.45. The van der Waals surface area contributed by atoms with E-state index in [9.17, 15) is 9.59 Å². The van der Waals surface area contributed by atoms with E-state index in [-0.39, 0.29) is 5.78 Å². The third-order valence-electron chi connectivity index (χ3n) is 5.45. The van der Waals surface area contributed by atoms with Gasteiger partial charge >= 0.3 is 5.97 Å². The number of rotatable bonds is 7. The highest BCUT2D eigenvalue weighted by Crippen LogP contribution is 2.21. The summed E-state index contributed by atoms with van der Waals surface area (Å²) in [4.78, 5) is 33.0. The molecule has 0 aliphatic carbocycles. The van der Waals surface area contributed by atoms with Crippen molar-refractivity contribution in [2.75, 3.05) is 39.3 Å². The maximum atomic E-state index is 13.0. The number of aromatic amines is 1. The molecule has 0 spiro atoms. The number of hydrogen-bond acceptors (Lipinski definition) is 5. The first-order valence-corrected chi connectivity index (χ1v) is 10.3. The number of nitrogens with one attached hydrogen (secondary N) is 1. The van der Waals surface area contributed by atoms with Crippen LogP contribution >= 0.6 is 0 Å². The average molecular weight is 398 g/mol. The Hall–Kier alpha value is -2.44. The van der Waals surface area contributed by atoms with Crippen LogP contribution in [0.2, 0.25) is 0 Å². The molecule has 6 heteroatoms. The first-order chi connectivity index (χ1) is 13.9. The third kappa shape index (κ3) is 5.14. The SMILES string of the molecule is CCOC(=O)c1c(C)[nH]c(C)c1C(=O)CN1CCN(Cc2cccc(C)c2)CC1. The minimum absolute atomic E-state index is 0.0259. The standard InChI is InChI=1S/C23H31N3O3/c1-5-29-23(28)22-18(4)24-17(3)21(22)20(27)15-26-11-9-25(10-12-26)14-19-8-6-7-16(2)13-19/h6-8,13,24H,5,9-12,14-15H2,1-4H3. The van der Waals surface area contributed by atoms with Crippen LogP contribution in [0, 0.1) is 20.8 Å². The zero-order valence-electron chi connectivity index (χ0n) is 17.9.